The Morgan fingerprint density at radius 2 is 2.19 bits per heavy atom. The van der Waals surface area contributed by atoms with Gasteiger partial charge in [0, 0.05) is 17.7 Å². The molecule has 1 aromatic heterocycles. The molecular weight excluding hydrogens is 296 g/mol. The highest BCUT2D eigenvalue weighted by atomic mass is 32.1. The second kappa shape index (κ2) is 6.01. The minimum Gasteiger partial charge on any atom is -0.872 e. The fourth-order valence-electron chi connectivity index (χ4n) is 1.55. The third-order valence-electron chi connectivity index (χ3n) is 2.43. The van der Waals surface area contributed by atoms with Crippen LogP contribution in [0.1, 0.15) is 5.76 Å². The predicted molar refractivity (Wildman–Crippen MR) is 77.8 cm³/mol. The molecule has 0 fully saturated rings. The van der Waals surface area contributed by atoms with Crippen LogP contribution in [0.25, 0.3) is 11.3 Å². The summed E-state index contributed by atoms with van der Waals surface area (Å²) in [7, 11) is 0. The summed E-state index contributed by atoms with van der Waals surface area (Å²) in [4.78, 5) is 10.1. The number of nitrogens with zero attached hydrogens (tertiary/aromatic N) is 2. The molecule has 0 saturated carbocycles. The van der Waals surface area contributed by atoms with Gasteiger partial charge in [0.15, 0.2) is 5.11 Å². The van der Waals surface area contributed by atoms with Gasteiger partial charge in [-0.15, -0.1) is 0 Å². The molecule has 0 aliphatic carbocycles. The molecule has 0 unspecified atom stereocenters. The van der Waals surface area contributed by atoms with E-state index in [0.717, 1.165) is 18.2 Å². The summed E-state index contributed by atoms with van der Waals surface area (Å²) in [6.45, 7) is 0. The van der Waals surface area contributed by atoms with Crippen LogP contribution in [0.3, 0.4) is 0 Å². The zero-order valence-corrected chi connectivity index (χ0v) is 11.3. The van der Waals surface area contributed by atoms with E-state index in [1.54, 1.807) is 6.07 Å². The highest BCUT2D eigenvalue weighted by Gasteiger charge is 2.11. The van der Waals surface area contributed by atoms with Crippen molar-refractivity contribution in [1.29, 1.82) is 0 Å². The van der Waals surface area contributed by atoms with E-state index in [1.165, 1.54) is 12.3 Å². The fraction of sp³-hybridized carbons (Fsp3) is 0. The maximum absolute atomic E-state index is 11.7. The van der Waals surface area contributed by atoms with Crippen LogP contribution in [0, 0.1) is 10.1 Å². The summed E-state index contributed by atoms with van der Waals surface area (Å²) in [6.07, 6.45) is 1.31. The number of nitro groups is 1. The first-order valence-electron chi connectivity index (χ1n) is 5.61. The Balaban J connectivity index is 2.29. The number of rotatable bonds is 4. The Morgan fingerprint density at radius 3 is 2.86 bits per heavy atom. The summed E-state index contributed by atoms with van der Waals surface area (Å²) >= 11 is 4.57. The number of furan rings is 1. The second-order valence-corrected chi connectivity index (χ2v) is 4.31. The molecule has 1 aromatic carbocycles. The Morgan fingerprint density at radius 1 is 1.43 bits per heavy atom. The van der Waals surface area contributed by atoms with Crippen LogP contribution in [0.15, 0.2) is 39.9 Å². The normalized spacial score (nSPS) is 10.7. The number of nitrogens with two attached hydrogens (primary N) is 1. The van der Waals surface area contributed by atoms with Crippen LogP contribution >= 0.6 is 12.2 Å². The SMILES string of the molecule is NC(=S)N/N=C\c1ccc(-c2cc([N+](=O)[O-])ccc2[O-])o1. The minimum atomic E-state index is -0.583. The number of thiocarbonyl (C=S) groups is 1. The molecule has 108 valence electrons. The molecule has 8 nitrogen and oxygen atoms in total. The van der Waals surface area contributed by atoms with E-state index < -0.39 is 4.92 Å². The molecule has 0 bridgehead atoms. The van der Waals surface area contributed by atoms with Crippen molar-refractivity contribution < 1.29 is 14.4 Å². The van der Waals surface area contributed by atoms with Crippen LogP contribution in [-0.2, 0) is 0 Å². The molecule has 9 heteroatoms. The van der Waals surface area contributed by atoms with E-state index in [0.29, 0.717) is 5.76 Å². The first-order chi connectivity index (χ1) is 9.97. The van der Waals surface area contributed by atoms with Gasteiger partial charge >= 0.3 is 0 Å². The summed E-state index contributed by atoms with van der Waals surface area (Å²) in [5.41, 5.74) is 7.45. The van der Waals surface area contributed by atoms with Gasteiger partial charge in [-0.3, -0.25) is 15.5 Å². The Labute approximate surface area is 124 Å². The highest BCUT2D eigenvalue weighted by Crippen LogP contribution is 2.31. The van der Waals surface area contributed by atoms with Gasteiger partial charge in [0.25, 0.3) is 5.69 Å². The van der Waals surface area contributed by atoms with E-state index >= 15 is 0 Å². The molecular formula is C12H9N4O4S-. The first-order valence-corrected chi connectivity index (χ1v) is 6.02. The van der Waals surface area contributed by atoms with Gasteiger partial charge in [-0.25, -0.2) is 0 Å². The molecule has 0 amide bonds. The van der Waals surface area contributed by atoms with Crippen LogP contribution in [-0.4, -0.2) is 16.3 Å². The molecule has 0 aliphatic heterocycles. The molecule has 0 spiro atoms. The summed E-state index contributed by atoms with van der Waals surface area (Å²) in [6, 6.07) is 6.50. The third-order valence-corrected chi connectivity index (χ3v) is 2.52. The number of hydrazone groups is 1. The lowest BCUT2D eigenvalue weighted by Crippen LogP contribution is -2.23. The molecule has 2 aromatic rings. The zero-order chi connectivity index (χ0) is 15.4. The molecule has 0 atom stereocenters. The Bertz CT molecular complexity index is 726. The lowest BCUT2D eigenvalue weighted by Gasteiger charge is -2.10. The molecule has 0 saturated heterocycles. The topological polar surface area (TPSA) is 130 Å². The van der Waals surface area contributed by atoms with Crippen LogP contribution in [0.2, 0.25) is 0 Å². The summed E-state index contributed by atoms with van der Waals surface area (Å²) in [5, 5.41) is 26.2. The number of hydrogen-bond acceptors (Lipinski definition) is 6. The first kappa shape index (κ1) is 14.5. The third kappa shape index (κ3) is 3.54. The lowest BCUT2D eigenvalue weighted by atomic mass is 10.1. The average molecular weight is 305 g/mol. The van der Waals surface area contributed by atoms with E-state index in [2.05, 4.69) is 22.7 Å². The minimum absolute atomic E-state index is 0.00133. The summed E-state index contributed by atoms with van der Waals surface area (Å²) < 4.78 is 5.37. The second-order valence-electron chi connectivity index (χ2n) is 3.87. The Hall–Kier alpha value is -2.94. The van der Waals surface area contributed by atoms with Crippen molar-refractivity contribution in [1.82, 2.24) is 5.43 Å². The molecule has 0 aliphatic rings. The number of nitro benzene ring substituents is 1. The van der Waals surface area contributed by atoms with Gasteiger partial charge < -0.3 is 15.3 Å². The van der Waals surface area contributed by atoms with Crippen molar-refractivity contribution in [2.75, 3.05) is 0 Å². The van der Waals surface area contributed by atoms with Gasteiger partial charge in [-0.05, 0) is 24.4 Å². The van der Waals surface area contributed by atoms with Crippen molar-refractivity contribution in [2.45, 2.75) is 0 Å². The smallest absolute Gasteiger partial charge is 0.270 e. The van der Waals surface area contributed by atoms with Gasteiger partial charge in [0.1, 0.15) is 11.5 Å². The van der Waals surface area contributed by atoms with Crippen LogP contribution < -0.4 is 16.3 Å². The number of non-ortho nitro benzene ring substituents is 1. The van der Waals surface area contributed by atoms with E-state index in [1.807, 2.05) is 0 Å². The van der Waals surface area contributed by atoms with Crippen molar-refractivity contribution in [3.8, 4) is 17.1 Å². The standard InChI is InChI=1S/C12H10N4O4S/c13-12(21)15-14-6-8-2-4-11(20-8)9-5-7(16(18)19)1-3-10(9)17/h1-6,17H,(H3,13,15,21)/p-1/b14-6-. The number of hydrogen-bond donors (Lipinski definition) is 2. The van der Waals surface area contributed by atoms with Crippen molar-refractivity contribution in [3.05, 3.63) is 46.2 Å². The number of nitrogens with one attached hydrogen (secondary N) is 1. The van der Waals surface area contributed by atoms with Crippen molar-refractivity contribution in [2.24, 2.45) is 10.8 Å². The highest BCUT2D eigenvalue weighted by molar-refractivity contribution is 7.80. The molecule has 1 heterocycles. The zero-order valence-electron chi connectivity index (χ0n) is 10.5. The molecule has 21 heavy (non-hydrogen) atoms. The van der Waals surface area contributed by atoms with Gasteiger partial charge in [0.05, 0.1) is 11.1 Å². The maximum atomic E-state index is 11.7. The van der Waals surface area contributed by atoms with E-state index in [4.69, 9.17) is 10.2 Å². The average Bonchev–Trinajstić information content (AvgIpc) is 2.87. The summed E-state index contributed by atoms with van der Waals surface area (Å²) in [5.74, 6) is 0.167. The van der Waals surface area contributed by atoms with Gasteiger partial charge in [0.2, 0.25) is 0 Å². The number of benzene rings is 1. The molecule has 2 rings (SSSR count). The monoisotopic (exact) mass is 305 g/mol. The quantitative estimate of drug-likeness (QED) is 0.374. The van der Waals surface area contributed by atoms with Crippen molar-refractivity contribution >= 4 is 29.2 Å². The van der Waals surface area contributed by atoms with Crippen molar-refractivity contribution in [3.63, 3.8) is 0 Å². The van der Waals surface area contributed by atoms with E-state index in [9.17, 15) is 15.2 Å². The van der Waals surface area contributed by atoms with Gasteiger partial charge in [-0.1, -0.05) is 11.8 Å². The molecule has 0 radical (unpaired) electrons. The van der Waals surface area contributed by atoms with E-state index in [-0.39, 0.29) is 27.9 Å². The largest absolute Gasteiger partial charge is 0.872 e. The lowest BCUT2D eigenvalue weighted by molar-refractivity contribution is -0.385. The van der Waals surface area contributed by atoms with Crippen LogP contribution in [0.5, 0.6) is 5.75 Å². The maximum Gasteiger partial charge on any atom is 0.270 e. The van der Waals surface area contributed by atoms with Crippen LogP contribution in [0.4, 0.5) is 5.69 Å². The fourth-order valence-corrected chi connectivity index (χ4v) is 1.60. The van der Waals surface area contributed by atoms with Gasteiger partial charge in [-0.2, -0.15) is 5.10 Å². The molecule has 3 N–H and O–H groups in total. The predicted octanol–water partition coefficient (Wildman–Crippen LogP) is 1.10. The Kier molecular flexibility index (Phi) is 4.14.